The molecule has 0 fully saturated rings. The maximum absolute atomic E-state index is 5.31. The van der Waals surface area contributed by atoms with Crippen molar-refractivity contribution in [3.05, 3.63) is 241 Å². The highest BCUT2D eigenvalue weighted by Crippen LogP contribution is 2.65. The molecule has 0 saturated carbocycles. The molecule has 1 aromatic heterocycles. The fraction of sp³-hybridized carbons (Fsp3) is 0.0339. The van der Waals surface area contributed by atoms with Crippen molar-refractivity contribution < 1.29 is 0 Å². The van der Waals surface area contributed by atoms with Crippen molar-refractivity contribution in [2.24, 2.45) is 0 Å². The molecule has 0 aliphatic heterocycles. The summed E-state index contributed by atoms with van der Waals surface area (Å²) in [4.78, 5) is 15.7. The summed E-state index contributed by atoms with van der Waals surface area (Å²) in [5.74, 6) is 1.90. The van der Waals surface area contributed by atoms with E-state index in [9.17, 15) is 0 Å². The van der Waals surface area contributed by atoms with Crippen molar-refractivity contribution >= 4 is 37.9 Å². The Hall–Kier alpha value is -8.01. The normalized spacial score (nSPS) is 15.2. The van der Waals surface area contributed by atoms with Crippen LogP contribution in [0.15, 0.2) is 218 Å². The zero-order valence-electron chi connectivity index (χ0n) is 34.2. The summed E-state index contributed by atoms with van der Waals surface area (Å²) in [7, 11) is 0. The predicted molar refractivity (Wildman–Crippen MR) is 258 cm³/mol. The van der Waals surface area contributed by atoms with Gasteiger partial charge in [0.2, 0.25) is 0 Å². The van der Waals surface area contributed by atoms with Crippen LogP contribution in [0.3, 0.4) is 0 Å². The van der Waals surface area contributed by atoms with Gasteiger partial charge in [0.1, 0.15) is 0 Å². The molecule has 12 rings (SSSR count). The lowest BCUT2D eigenvalue weighted by molar-refractivity contribution is 0.795. The van der Waals surface area contributed by atoms with Crippen molar-refractivity contribution in [1.29, 1.82) is 0 Å². The smallest absolute Gasteiger partial charge is 0.165 e. The average Bonchev–Trinajstić information content (AvgIpc) is 3.80. The van der Waals surface area contributed by atoms with Crippen molar-refractivity contribution in [1.82, 2.24) is 15.0 Å². The predicted octanol–water partition coefficient (Wildman–Crippen LogP) is 14.8. The van der Waals surface area contributed by atoms with Crippen LogP contribution in [0.1, 0.15) is 29.2 Å². The van der Waals surface area contributed by atoms with Gasteiger partial charge >= 0.3 is 0 Å². The van der Waals surface area contributed by atoms with Crippen molar-refractivity contribution in [2.75, 3.05) is 0 Å². The molecular formula is C59H39N3. The summed E-state index contributed by atoms with van der Waals surface area (Å²) in [5, 5.41) is 7.24. The molecule has 9 aromatic carbocycles. The molecule has 0 amide bonds. The fourth-order valence-electron chi connectivity index (χ4n) is 10.6. The first-order valence-corrected chi connectivity index (χ1v) is 21.3. The van der Waals surface area contributed by atoms with Crippen molar-refractivity contribution in [3.8, 4) is 56.4 Å². The quantitative estimate of drug-likeness (QED) is 0.158. The van der Waals surface area contributed by atoms with Gasteiger partial charge in [-0.15, -0.1) is 0 Å². The zero-order chi connectivity index (χ0) is 41.4. The first kappa shape index (κ1) is 35.9. The van der Waals surface area contributed by atoms with Gasteiger partial charge in [0.25, 0.3) is 0 Å². The molecule has 1 heterocycles. The number of allylic oxidation sites excluding steroid dienone is 5. The van der Waals surface area contributed by atoms with Crippen LogP contribution in [0.4, 0.5) is 0 Å². The van der Waals surface area contributed by atoms with E-state index in [1.54, 1.807) is 0 Å². The van der Waals surface area contributed by atoms with E-state index in [4.69, 9.17) is 15.0 Å². The number of aromatic nitrogens is 3. The monoisotopic (exact) mass is 789 g/mol. The number of rotatable bonds is 6. The standard InChI is InChI=1S/C59H39N3/c1-3-19-45-46-35-33-40(36-52(46)59(50(45)4-2)51-31-18-17-30-49(51)53-47-28-15-13-26-43(47)44-27-14-16-29-48(44)55(53)59)42-34-32-37-20-11-12-25-41(37)54(42)58-61-56(38-21-7-5-8-22-38)60-57(62-58)39-23-9-6-10-24-39/h3-36H,2H2,1H3/b19-3-. The van der Waals surface area contributed by atoms with Crippen LogP contribution in [0.25, 0.3) is 94.3 Å². The molecule has 3 nitrogen and oxygen atoms in total. The molecule has 0 radical (unpaired) electrons. The molecule has 62 heavy (non-hydrogen) atoms. The lowest BCUT2D eigenvalue weighted by Gasteiger charge is -2.33. The Morgan fingerprint density at radius 2 is 1.00 bits per heavy atom. The lowest BCUT2D eigenvalue weighted by atomic mass is 9.68. The van der Waals surface area contributed by atoms with Gasteiger partial charge in [-0.2, -0.15) is 0 Å². The molecule has 1 spiro atoms. The highest BCUT2D eigenvalue weighted by atomic mass is 15.0. The molecule has 1 atom stereocenters. The maximum Gasteiger partial charge on any atom is 0.165 e. The topological polar surface area (TPSA) is 38.7 Å². The minimum atomic E-state index is -0.636. The second kappa shape index (κ2) is 14.0. The average molecular weight is 790 g/mol. The Bertz CT molecular complexity index is 3490. The maximum atomic E-state index is 5.31. The van der Waals surface area contributed by atoms with E-state index in [2.05, 4.69) is 183 Å². The second-order valence-corrected chi connectivity index (χ2v) is 16.2. The van der Waals surface area contributed by atoms with Gasteiger partial charge < -0.3 is 0 Å². The third-order valence-corrected chi connectivity index (χ3v) is 13.0. The molecule has 0 saturated heterocycles. The van der Waals surface area contributed by atoms with Gasteiger partial charge in [0.15, 0.2) is 17.5 Å². The third kappa shape index (κ3) is 5.09. The minimum absolute atomic E-state index is 0.633. The molecule has 0 bridgehead atoms. The molecule has 2 aliphatic carbocycles. The highest BCUT2D eigenvalue weighted by Gasteiger charge is 2.53. The first-order valence-electron chi connectivity index (χ1n) is 21.3. The van der Waals surface area contributed by atoms with Gasteiger partial charge in [-0.3, -0.25) is 0 Å². The third-order valence-electron chi connectivity index (χ3n) is 13.0. The number of nitrogens with zero attached hydrogens (tertiary/aromatic N) is 3. The van der Waals surface area contributed by atoms with E-state index in [1.165, 1.54) is 66.1 Å². The zero-order valence-corrected chi connectivity index (χ0v) is 34.2. The van der Waals surface area contributed by atoms with Crippen LogP contribution in [0, 0.1) is 0 Å². The summed E-state index contributed by atoms with van der Waals surface area (Å²) in [5.41, 5.74) is 14.4. The number of hydrogen-bond acceptors (Lipinski definition) is 3. The van der Waals surface area contributed by atoms with E-state index in [1.807, 2.05) is 36.4 Å². The fourth-order valence-corrected chi connectivity index (χ4v) is 10.6. The SMILES string of the molecule is C=CC1=C(/C=C\C)c2ccc(-c3ccc4ccccc4c3-c3nc(-c4ccccc4)nc(-c4ccccc4)n3)cc2C12c1ccccc1-c1c2c2ccccc2c2ccccc12. The number of fused-ring (bicyclic) bond motifs is 13. The first-order chi connectivity index (χ1) is 30.7. The van der Waals surface area contributed by atoms with E-state index >= 15 is 0 Å². The summed E-state index contributed by atoms with van der Waals surface area (Å²) in [6, 6.07) is 67.5. The Kier molecular flexibility index (Phi) is 8.13. The van der Waals surface area contributed by atoms with Crippen molar-refractivity contribution in [3.63, 3.8) is 0 Å². The highest BCUT2D eigenvalue weighted by molar-refractivity contribution is 6.20. The van der Waals surface area contributed by atoms with Crippen LogP contribution < -0.4 is 0 Å². The van der Waals surface area contributed by atoms with Crippen LogP contribution in [-0.4, -0.2) is 15.0 Å². The molecule has 10 aromatic rings. The van der Waals surface area contributed by atoms with Gasteiger partial charge in [-0.25, -0.2) is 15.0 Å². The molecular weight excluding hydrogens is 751 g/mol. The Morgan fingerprint density at radius 3 is 1.69 bits per heavy atom. The number of benzene rings is 9. The van der Waals surface area contributed by atoms with Gasteiger partial charge in [-0.05, 0) is 101 Å². The van der Waals surface area contributed by atoms with E-state index in [-0.39, 0.29) is 0 Å². The molecule has 1 unspecified atom stereocenters. The largest absolute Gasteiger partial charge is 0.208 e. The second-order valence-electron chi connectivity index (χ2n) is 16.2. The molecule has 290 valence electrons. The Labute approximate surface area is 360 Å². The van der Waals surface area contributed by atoms with Gasteiger partial charge in [0.05, 0.1) is 5.41 Å². The van der Waals surface area contributed by atoms with Crippen LogP contribution in [-0.2, 0) is 5.41 Å². The minimum Gasteiger partial charge on any atom is -0.208 e. The lowest BCUT2D eigenvalue weighted by Crippen LogP contribution is -2.27. The van der Waals surface area contributed by atoms with Gasteiger partial charge in [-0.1, -0.05) is 207 Å². The Morgan fingerprint density at radius 1 is 0.435 bits per heavy atom. The molecule has 3 heteroatoms. The summed E-state index contributed by atoms with van der Waals surface area (Å²) >= 11 is 0. The van der Waals surface area contributed by atoms with Crippen LogP contribution in [0.5, 0.6) is 0 Å². The molecule has 2 aliphatic rings. The Balaban J connectivity index is 1.19. The summed E-state index contributed by atoms with van der Waals surface area (Å²) < 4.78 is 0. The van der Waals surface area contributed by atoms with Crippen molar-refractivity contribution in [2.45, 2.75) is 12.3 Å². The van der Waals surface area contributed by atoms with Crippen LogP contribution >= 0.6 is 0 Å². The van der Waals surface area contributed by atoms with E-state index < -0.39 is 5.41 Å². The van der Waals surface area contributed by atoms with Crippen LogP contribution in [0.2, 0.25) is 0 Å². The summed E-state index contributed by atoms with van der Waals surface area (Å²) in [6.07, 6.45) is 6.55. The van der Waals surface area contributed by atoms with E-state index in [0.29, 0.717) is 17.5 Å². The van der Waals surface area contributed by atoms with E-state index in [0.717, 1.165) is 38.6 Å². The van der Waals surface area contributed by atoms with Gasteiger partial charge in [0, 0.05) is 16.7 Å². The number of hydrogen-bond donors (Lipinski definition) is 0. The summed E-state index contributed by atoms with van der Waals surface area (Å²) in [6.45, 7) is 6.69. The molecule has 0 N–H and O–H groups in total.